The predicted octanol–water partition coefficient (Wildman–Crippen LogP) is 16.5. The summed E-state index contributed by atoms with van der Waals surface area (Å²) in [5.74, 6) is -2.00. The second-order valence-electron chi connectivity index (χ2n) is 20.6. The Hall–Kier alpha value is -2.49. The van der Waals surface area contributed by atoms with E-state index in [1.165, 1.54) is 186 Å². The van der Waals surface area contributed by atoms with Gasteiger partial charge in [0.05, 0.1) is 34.4 Å². The number of carboxylic acids is 1. The Morgan fingerprint density at radius 2 is 0.794 bits per heavy atom. The van der Waals surface area contributed by atoms with E-state index >= 15 is 0 Å². The molecule has 1 N–H and O–H groups in total. The number of aliphatic carboxylic acids is 1. The molecule has 0 saturated carbocycles. The second kappa shape index (κ2) is 50.9. The number of nitrogens with zero attached hydrogens (tertiary/aromatic N) is 1. The molecule has 398 valence electrons. The number of carbonyl (C=O) groups is 3. The van der Waals surface area contributed by atoms with Crippen LogP contribution in [0.5, 0.6) is 0 Å². The van der Waals surface area contributed by atoms with Crippen molar-refractivity contribution in [2.45, 2.75) is 277 Å². The number of esters is 2. The van der Waals surface area contributed by atoms with Crippen molar-refractivity contribution in [1.82, 2.24) is 0 Å². The average Bonchev–Trinajstić information content (AvgIpc) is 3.30. The van der Waals surface area contributed by atoms with E-state index in [9.17, 15) is 19.5 Å². The highest BCUT2D eigenvalue weighted by Gasteiger charge is 2.25. The third-order valence-electron chi connectivity index (χ3n) is 12.6. The summed E-state index contributed by atoms with van der Waals surface area (Å²) in [6.45, 7) is 4.81. The third-order valence-corrected chi connectivity index (χ3v) is 12.6. The Kier molecular flexibility index (Phi) is 49.0. The number of quaternary nitrogens is 1. The van der Waals surface area contributed by atoms with Crippen LogP contribution in [-0.2, 0) is 33.3 Å². The summed E-state index contributed by atoms with van der Waals surface area (Å²) in [5, 5.41) is 9.62. The maximum atomic E-state index is 12.8. The molecular formula is C59H110NO8+. The van der Waals surface area contributed by atoms with Gasteiger partial charge in [-0.05, 0) is 51.4 Å². The van der Waals surface area contributed by atoms with Gasteiger partial charge in [0.2, 0.25) is 0 Å². The Labute approximate surface area is 420 Å². The van der Waals surface area contributed by atoms with Gasteiger partial charge in [0.15, 0.2) is 6.10 Å². The molecule has 0 aromatic rings. The zero-order valence-corrected chi connectivity index (χ0v) is 45.3. The van der Waals surface area contributed by atoms with Crippen LogP contribution in [0.1, 0.15) is 264 Å². The lowest BCUT2D eigenvalue weighted by Crippen LogP contribution is -2.40. The average molecular weight is 962 g/mol. The lowest BCUT2D eigenvalue weighted by molar-refractivity contribution is -0.870. The SMILES string of the molecule is CCCCCCC/C=C\C/C=C\C/C=C\CCCCCCCCCCCCCCCCCCCCCCCCC(=O)OC(COC(=O)CCCCCCCC)COC(OCC[N+](C)(C)C)C(=O)O. The van der Waals surface area contributed by atoms with Crippen molar-refractivity contribution in [2.75, 3.05) is 47.5 Å². The number of carboxylic acid groups (broad SMARTS) is 1. The summed E-state index contributed by atoms with van der Waals surface area (Å²) < 4.78 is 22.7. The van der Waals surface area contributed by atoms with E-state index in [0.717, 1.165) is 51.4 Å². The minimum atomic E-state index is -1.50. The first-order chi connectivity index (χ1) is 33.1. The fraction of sp³-hybridized carbons (Fsp3) is 0.847. The van der Waals surface area contributed by atoms with Crippen LogP contribution < -0.4 is 0 Å². The Morgan fingerprint density at radius 1 is 0.441 bits per heavy atom. The Balaban J connectivity index is 3.84. The molecule has 0 amide bonds. The van der Waals surface area contributed by atoms with Gasteiger partial charge in [-0.1, -0.05) is 237 Å². The molecule has 0 spiro atoms. The van der Waals surface area contributed by atoms with E-state index in [-0.39, 0.29) is 32.2 Å². The molecule has 0 aromatic heterocycles. The topological polar surface area (TPSA) is 108 Å². The number of hydrogen-bond donors (Lipinski definition) is 1. The second-order valence-corrected chi connectivity index (χ2v) is 20.6. The van der Waals surface area contributed by atoms with Crippen molar-refractivity contribution < 1.29 is 42.9 Å². The first-order valence-corrected chi connectivity index (χ1v) is 28.7. The van der Waals surface area contributed by atoms with Crippen molar-refractivity contribution in [3.8, 4) is 0 Å². The highest BCUT2D eigenvalue weighted by Crippen LogP contribution is 2.17. The van der Waals surface area contributed by atoms with E-state index in [1.807, 2.05) is 21.1 Å². The normalized spacial score (nSPS) is 13.0. The van der Waals surface area contributed by atoms with Crippen molar-refractivity contribution in [3.05, 3.63) is 36.5 Å². The number of hydrogen-bond acceptors (Lipinski definition) is 7. The molecule has 0 fully saturated rings. The van der Waals surface area contributed by atoms with Crippen LogP contribution in [0.15, 0.2) is 36.5 Å². The molecule has 0 aliphatic carbocycles. The Bertz CT molecular complexity index is 1210. The van der Waals surface area contributed by atoms with Crippen molar-refractivity contribution >= 4 is 17.9 Å². The number of unbranched alkanes of at least 4 members (excludes halogenated alkanes) is 32. The monoisotopic (exact) mass is 961 g/mol. The van der Waals surface area contributed by atoms with E-state index in [1.54, 1.807) is 0 Å². The van der Waals surface area contributed by atoms with E-state index in [2.05, 4.69) is 50.3 Å². The molecule has 0 aliphatic rings. The molecule has 68 heavy (non-hydrogen) atoms. The van der Waals surface area contributed by atoms with Crippen LogP contribution in [0.4, 0.5) is 0 Å². The lowest BCUT2D eigenvalue weighted by Gasteiger charge is -2.25. The molecule has 2 atom stereocenters. The highest BCUT2D eigenvalue weighted by atomic mass is 16.7. The molecule has 0 bridgehead atoms. The van der Waals surface area contributed by atoms with Crippen LogP contribution in [0.2, 0.25) is 0 Å². The first-order valence-electron chi connectivity index (χ1n) is 28.7. The van der Waals surface area contributed by atoms with Gasteiger partial charge in [0, 0.05) is 12.8 Å². The van der Waals surface area contributed by atoms with Gasteiger partial charge in [0.1, 0.15) is 13.2 Å². The van der Waals surface area contributed by atoms with Crippen LogP contribution in [-0.4, -0.2) is 87.4 Å². The molecular weight excluding hydrogens is 851 g/mol. The summed E-state index contributed by atoms with van der Waals surface area (Å²) >= 11 is 0. The number of allylic oxidation sites excluding steroid dienone is 6. The van der Waals surface area contributed by atoms with Gasteiger partial charge in [-0.15, -0.1) is 0 Å². The van der Waals surface area contributed by atoms with Gasteiger partial charge in [-0.2, -0.15) is 0 Å². The van der Waals surface area contributed by atoms with Gasteiger partial charge < -0.3 is 28.5 Å². The zero-order valence-electron chi connectivity index (χ0n) is 45.3. The van der Waals surface area contributed by atoms with Crippen LogP contribution in [0, 0.1) is 0 Å². The summed E-state index contributed by atoms with van der Waals surface area (Å²) in [5.41, 5.74) is 0. The molecule has 0 radical (unpaired) electrons. The fourth-order valence-electron chi connectivity index (χ4n) is 8.20. The smallest absolute Gasteiger partial charge is 0.361 e. The van der Waals surface area contributed by atoms with E-state index in [4.69, 9.17) is 18.9 Å². The maximum absolute atomic E-state index is 12.8. The van der Waals surface area contributed by atoms with Gasteiger partial charge >= 0.3 is 17.9 Å². The maximum Gasteiger partial charge on any atom is 0.361 e. The summed E-state index contributed by atoms with van der Waals surface area (Å²) in [6, 6.07) is 0. The van der Waals surface area contributed by atoms with Crippen LogP contribution in [0.3, 0.4) is 0 Å². The van der Waals surface area contributed by atoms with Gasteiger partial charge in [0.25, 0.3) is 6.29 Å². The van der Waals surface area contributed by atoms with E-state index < -0.39 is 24.3 Å². The largest absolute Gasteiger partial charge is 0.477 e. The minimum Gasteiger partial charge on any atom is -0.477 e. The molecule has 0 heterocycles. The zero-order chi connectivity index (χ0) is 49.9. The molecule has 0 rings (SSSR count). The fourth-order valence-corrected chi connectivity index (χ4v) is 8.20. The molecule has 0 aromatic carbocycles. The number of likely N-dealkylation sites (N-methyl/N-ethyl adjacent to an activating group) is 1. The van der Waals surface area contributed by atoms with Gasteiger partial charge in [-0.25, -0.2) is 4.79 Å². The molecule has 0 aliphatic heterocycles. The molecule has 2 unspecified atom stereocenters. The Morgan fingerprint density at radius 3 is 1.18 bits per heavy atom. The van der Waals surface area contributed by atoms with Crippen LogP contribution in [0.25, 0.3) is 0 Å². The minimum absolute atomic E-state index is 0.178. The summed E-state index contributed by atoms with van der Waals surface area (Å²) in [6.07, 6.45) is 58.6. The van der Waals surface area contributed by atoms with Crippen molar-refractivity contribution in [1.29, 1.82) is 0 Å². The van der Waals surface area contributed by atoms with E-state index in [0.29, 0.717) is 17.4 Å². The predicted molar refractivity (Wildman–Crippen MR) is 286 cm³/mol. The molecule has 9 nitrogen and oxygen atoms in total. The van der Waals surface area contributed by atoms with Gasteiger partial charge in [-0.3, -0.25) is 9.59 Å². The number of ether oxygens (including phenoxy) is 4. The summed E-state index contributed by atoms with van der Waals surface area (Å²) in [4.78, 5) is 37.0. The van der Waals surface area contributed by atoms with Crippen molar-refractivity contribution in [2.24, 2.45) is 0 Å². The molecule has 0 saturated heterocycles. The standard InChI is InChI=1S/C59H109NO8/c1-6-8-10-12-14-15-16-17-18-19-20-21-22-23-24-25-26-27-28-29-30-31-32-33-34-35-36-37-38-39-40-41-42-43-44-46-48-50-57(62)68-55(53-66-56(61)49-47-45-13-11-9-7-2)54-67-59(58(63)64)65-52-51-60(3,4)5/h16-17,19-20,22-23,55,59H,6-15,18,21,24-54H2,1-5H3/p+1/b17-16-,20-19-,23-22-. The van der Waals surface area contributed by atoms with Crippen LogP contribution >= 0.6 is 0 Å². The van der Waals surface area contributed by atoms with Crippen molar-refractivity contribution in [3.63, 3.8) is 0 Å². The third kappa shape index (κ3) is 51.4. The lowest BCUT2D eigenvalue weighted by atomic mass is 10.0. The highest BCUT2D eigenvalue weighted by molar-refractivity contribution is 5.71. The number of rotatable bonds is 53. The first kappa shape index (κ1) is 65.5. The quantitative estimate of drug-likeness (QED) is 0.0211. The number of carbonyl (C=O) groups excluding carboxylic acids is 2. The summed E-state index contributed by atoms with van der Waals surface area (Å²) in [7, 11) is 5.96. The molecule has 9 heteroatoms.